The van der Waals surface area contributed by atoms with Crippen molar-refractivity contribution in [3.05, 3.63) is 0 Å². The molecule has 0 saturated heterocycles. The first-order valence-corrected chi connectivity index (χ1v) is 10.7. The average molecular weight is 306 g/mol. The molecular formula is C16H35O3P. The molecule has 2 N–H and O–H groups in total. The number of aliphatic hydroxyl groups is 2. The van der Waals surface area contributed by atoms with Gasteiger partial charge in [-0.25, -0.2) is 0 Å². The number of hydrogen-bond donors (Lipinski definition) is 2. The van der Waals surface area contributed by atoms with Crippen molar-refractivity contribution in [2.24, 2.45) is 0 Å². The van der Waals surface area contributed by atoms with Crippen LogP contribution >= 0.6 is 7.14 Å². The van der Waals surface area contributed by atoms with Crippen molar-refractivity contribution in [3.63, 3.8) is 0 Å². The topological polar surface area (TPSA) is 57.5 Å². The molecule has 0 atom stereocenters. The molecule has 0 radical (unpaired) electrons. The van der Waals surface area contributed by atoms with Crippen molar-refractivity contribution >= 4 is 7.14 Å². The van der Waals surface area contributed by atoms with E-state index in [1.807, 2.05) is 0 Å². The summed E-state index contributed by atoms with van der Waals surface area (Å²) >= 11 is 0. The van der Waals surface area contributed by atoms with Gasteiger partial charge in [0.25, 0.3) is 0 Å². The van der Waals surface area contributed by atoms with Crippen LogP contribution in [0.2, 0.25) is 0 Å². The van der Waals surface area contributed by atoms with Gasteiger partial charge in [-0.3, -0.25) is 0 Å². The molecule has 0 unspecified atom stereocenters. The van der Waals surface area contributed by atoms with E-state index in [1.54, 1.807) is 0 Å². The van der Waals surface area contributed by atoms with E-state index in [0.717, 1.165) is 12.8 Å². The molecule has 4 heteroatoms. The van der Waals surface area contributed by atoms with E-state index in [4.69, 9.17) is 10.2 Å². The number of rotatable bonds is 15. The molecule has 0 fully saturated rings. The monoisotopic (exact) mass is 306 g/mol. The smallest absolute Gasteiger partial charge is 0.0922 e. The SMILES string of the molecule is CCCCCCCCCCCCP(=O)(CCO)CCO. The Morgan fingerprint density at radius 1 is 0.650 bits per heavy atom. The van der Waals surface area contributed by atoms with E-state index < -0.39 is 7.14 Å². The molecule has 0 saturated carbocycles. The van der Waals surface area contributed by atoms with Crippen LogP contribution in [-0.4, -0.2) is 41.9 Å². The van der Waals surface area contributed by atoms with Crippen LogP contribution in [0.5, 0.6) is 0 Å². The van der Waals surface area contributed by atoms with Crippen molar-refractivity contribution < 1.29 is 14.8 Å². The maximum absolute atomic E-state index is 12.3. The Bertz CT molecular complexity index is 234. The summed E-state index contributed by atoms with van der Waals surface area (Å²) in [6.45, 7) is 2.20. The van der Waals surface area contributed by atoms with Gasteiger partial charge in [0.2, 0.25) is 0 Å². The first-order valence-electron chi connectivity index (χ1n) is 8.47. The largest absolute Gasteiger partial charge is 0.396 e. The summed E-state index contributed by atoms with van der Waals surface area (Å²) in [7, 11) is -2.29. The maximum atomic E-state index is 12.3. The molecule has 0 bridgehead atoms. The summed E-state index contributed by atoms with van der Waals surface area (Å²) in [5, 5.41) is 17.9. The zero-order valence-corrected chi connectivity index (χ0v) is 14.3. The average Bonchev–Trinajstić information content (AvgIpc) is 2.41. The molecule has 0 aliphatic carbocycles. The lowest BCUT2D eigenvalue weighted by molar-refractivity contribution is 0.311. The lowest BCUT2D eigenvalue weighted by Crippen LogP contribution is -2.06. The Labute approximate surface area is 125 Å². The van der Waals surface area contributed by atoms with Gasteiger partial charge in [-0.2, -0.15) is 0 Å². The van der Waals surface area contributed by atoms with Crippen molar-refractivity contribution in [2.45, 2.75) is 71.1 Å². The molecular weight excluding hydrogens is 271 g/mol. The summed E-state index contributed by atoms with van der Waals surface area (Å²) in [5.74, 6) is 0. The number of aliphatic hydroxyl groups excluding tert-OH is 2. The minimum Gasteiger partial charge on any atom is -0.396 e. The standard InChI is InChI=1S/C16H35O3P/c1-2-3-4-5-6-7-8-9-10-11-14-20(19,15-12-17)16-13-18/h17-18H,2-16H2,1H3. The quantitative estimate of drug-likeness (QED) is 0.351. The molecule has 0 aromatic carbocycles. The highest BCUT2D eigenvalue weighted by molar-refractivity contribution is 7.63. The van der Waals surface area contributed by atoms with Gasteiger partial charge in [0.1, 0.15) is 0 Å². The lowest BCUT2D eigenvalue weighted by Gasteiger charge is -2.15. The first-order chi connectivity index (χ1) is 9.68. The zero-order chi connectivity index (χ0) is 15.1. The predicted molar refractivity (Wildman–Crippen MR) is 88.2 cm³/mol. The fraction of sp³-hybridized carbons (Fsp3) is 1.00. The molecule has 0 aliphatic heterocycles. The van der Waals surface area contributed by atoms with Crippen molar-refractivity contribution in [1.29, 1.82) is 0 Å². The lowest BCUT2D eigenvalue weighted by atomic mass is 10.1. The van der Waals surface area contributed by atoms with Gasteiger partial charge >= 0.3 is 0 Å². The Balaban J connectivity index is 3.43. The van der Waals surface area contributed by atoms with Crippen LogP contribution in [0.1, 0.15) is 71.1 Å². The van der Waals surface area contributed by atoms with E-state index in [9.17, 15) is 4.57 Å². The van der Waals surface area contributed by atoms with E-state index in [1.165, 1.54) is 51.4 Å². The molecule has 0 amide bonds. The molecule has 0 aromatic rings. The van der Waals surface area contributed by atoms with Gasteiger partial charge in [-0.1, -0.05) is 64.7 Å². The van der Waals surface area contributed by atoms with Gasteiger partial charge in [0, 0.05) is 31.7 Å². The predicted octanol–water partition coefficient (Wildman–Crippen LogP) is 4.26. The normalized spacial score (nSPS) is 11.9. The van der Waals surface area contributed by atoms with Crippen molar-refractivity contribution in [1.82, 2.24) is 0 Å². The summed E-state index contributed by atoms with van der Waals surface area (Å²) in [6, 6.07) is 0. The van der Waals surface area contributed by atoms with Crippen molar-refractivity contribution in [3.8, 4) is 0 Å². The fourth-order valence-corrected chi connectivity index (χ4v) is 4.79. The Morgan fingerprint density at radius 3 is 1.45 bits per heavy atom. The van der Waals surface area contributed by atoms with Crippen LogP contribution in [-0.2, 0) is 4.57 Å². The van der Waals surface area contributed by atoms with Gasteiger partial charge in [0.05, 0.1) is 7.14 Å². The molecule has 0 aromatic heterocycles. The summed E-state index contributed by atoms with van der Waals surface area (Å²) < 4.78 is 12.3. The van der Waals surface area contributed by atoms with Crippen LogP contribution in [0, 0.1) is 0 Å². The van der Waals surface area contributed by atoms with Gasteiger partial charge in [-0.05, 0) is 6.42 Å². The van der Waals surface area contributed by atoms with E-state index in [0.29, 0.717) is 18.5 Å². The Morgan fingerprint density at radius 2 is 1.05 bits per heavy atom. The van der Waals surface area contributed by atoms with Crippen LogP contribution in [0.3, 0.4) is 0 Å². The molecule has 0 heterocycles. The molecule has 122 valence electrons. The van der Waals surface area contributed by atoms with Crippen LogP contribution < -0.4 is 0 Å². The number of hydrogen-bond acceptors (Lipinski definition) is 3. The highest BCUT2D eigenvalue weighted by Crippen LogP contribution is 2.45. The van der Waals surface area contributed by atoms with Gasteiger partial charge in [-0.15, -0.1) is 0 Å². The fourth-order valence-electron chi connectivity index (χ4n) is 2.59. The van der Waals surface area contributed by atoms with Gasteiger partial charge < -0.3 is 14.8 Å². The van der Waals surface area contributed by atoms with Crippen molar-refractivity contribution in [2.75, 3.05) is 31.7 Å². The zero-order valence-electron chi connectivity index (χ0n) is 13.4. The molecule has 3 nitrogen and oxygen atoms in total. The van der Waals surface area contributed by atoms with E-state index >= 15 is 0 Å². The summed E-state index contributed by atoms with van der Waals surface area (Å²) in [6.07, 6.45) is 14.2. The highest BCUT2D eigenvalue weighted by Gasteiger charge is 2.19. The second-order valence-corrected chi connectivity index (χ2v) is 9.32. The first kappa shape index (κ1) is 20.1. The third-order valence-electron chi connectivity index (χ3n) is 3.93. The Kier molecular flexibility index (Phi) is 14.2. The highest BCUT2D eigenvalue weighted by atomic mass is 31.2. The van der Waals surface area contributed by atoms with E-state index in [2.05, 4.69) is 6.92 Å². The summed E-state index contributed by atoms with van der Waals surface area (Å²) in [5.41, 5.74) is 0. The van der Waals surface area contributed by atoms with Crippen LogP contribution in [0.25, 0.3) is 0 Å². The van der Waals surface area contributed by atoms with E-state index in [-0.39, 0.29) is 13.2 Å². The minimum atomic E-state index is -2.29. The Hall–Kier alpha value is 0.150. The molecule has 0 rings (SSSR count). The second-order valence-electron chi connectivity index (χ2n) is 5.86. The third-order valence-corrected chi connectivity index (χ3v) is 7.10. The van der Waals surface area contributed by atoms with Crippen LogP contribution in [0.15, 0.2) is 0 Å². The maximum Gasteiger partial charge on any atom is 0.0922 e. The third kappa shape index (κ3) is 11.9. The molecule has 0 aliphatic rings. The molecule has 20 heavy (non-hydrogen) atoms. The number of unbranched alkanes of at least 4 members (excludes halogenated alkanes) is 9. The minimum absolute atomic E-state index is 0.0188. The van der Waals surface area contributed by atoms with Crippen LogP contribution in [0.4, 0.5) is 0 Å². The van der Waals surface area contributed by atoms with Gasteiger partial charge in [0.15, 0.2) is 0 Å². The molecule has 0 spiro atoms. The summed E-state index contributed by atoms with van der Waals surface area (Å²) in [4.78, 5) is 0. The second kappa shape index (κ2) is 14.1.